The first-order chi connectivity index (χ1) is 10.1. The molecule has 0 amide bonds. The Morgan fingerprint density at radius 1 is 1.57 bits per heavy atom. The number of ether oxygens (including phenoxy) is 1. The number of nitrogens with one attached hydrogen (secondary N) is 1. The summed E-state index contributed by atoms with van der Waals surface area (Å²) in [5, 5.41) is 3.41. The average molecular weight is 308 g/mol. The van der Waals surface area contributed by atoms with E-state index in [4.69, 9.17) is 4.74 Å². The van der Waals surface area contributed by atoms with Crippen molar-refractivity contribution >= 4 is 17.7 Å². The number of aliphatic imine (C=N–C) groups is 1. The van der Waals surface area contributed by atoms with Crippen molar-refractivity contribution in [3.63, 3.8) is 0 Å². The van der Waals surface area contributed by atoms with E-state index in [0.717, 1.165) is 30.4 Å². The molecule has 0 saturated carbocycles. The van der Waals surface area contributed by atoms with Crippen molar-refractivity contribution < 1.29 is 4.74 Å². The Morgan fingerprint density at radius 2 is 2.38 bits per heavy atom. The van der Waals surface area contributed by atoms with Crippen LogP contribution in [0.2, 0.25) is 0 Å². The van der Waals surface area contributed by atoms with Crippen molar-refractivity contribution in [3.05, 3.63) is 23.9 Å². The van der Waals surface area contributed by atoms with Crippen molar-refractivity contribution in [3.8, 4) is 5.88 Å². The summed E-state index contributed by atoms with van der Waals surface area (Å²) in [5.74, 6) is 2.73. The van der Waals surface area contributed by atoms with E-state index >= 15 is 0 Å². The fourth-order valence-corrected chi connectivity index (χ4v) is 3.56. The zero-order valence-electron chi connectivity index (χ0n) is 13.2. The molecule has 2 rings (SSSR count). The Balaban J connectivity index is 2.00. The van der Waals surface area contributed by atoms with Gasteiger partial charge in [-0.15, -0.1) is 0 Å². The number of guanidine groups is 1. The molecule has 1 aromatic rings. The fraction of sp³-hybridized carbons (Fsp3) is 0.600. The predicted molar refractivity (Wildman–Crippen MR) is 89.1 cm³/mol. The largest absolute Gasteiger partial charge is 0.481 e. The standard InChI is InChI=1S/C15H24N4OS/c1-15(2)11-19(8-9-21-15)14(16-3)18-10-12-6-5-7-17-13(12)20-4/h5-7H,8-11H2,1-4H3,(H,16,18). The lowest BCUT2D eigenvalue weighted by Gasteiger charge is -2.39. The SMILES string of the molecule is CN=C(NCc1cccnc1OC)N1CCSC(C)(C)C1. The first-order valence-corrected chi connectivity index (χ1v) is 8.12. The molecule has 1 N–H and O–H groups in total. The molecule has 0 spiro atoms. The average Bonchev–Trinajstić information content (AvgIpc) is 2.47. The molecule has 0 atom stereocenters. The van der Waals surface area contributed by atoms with Crippen molar-refractivity contribution in [2.75, 3.05) is 33.0 Å². The van der Waals surface area contributed by atoms with Crippen molar-refractivity contribution in [2.24, 2.45) is 4.99 Å². The van der Waals surface area contributed by atoms with Crippen LogP contribution in [0.15, 0.2) is 23.3 Å². The molecule has 0 bridgehead atoms. The Hall–Kier alpha value is -1.43. The molecule has 6 heteroatoms. The van der Waals surface area contributed by atoms with Gasteiger partial charge in [0.1, 0.15) is 0 Å². The van der Waals surface area contributed by atoms with Gasteiger partial charge in [-0.1, -0.05) is 6.07 Å². The van der Waals surface area contributed by atoms with E-state index in [-0.39, 0.29) is 4.75 Å². The highest BCUT2D eigenvalue weighted by Crippen LogP contribution is 2.29. The third-order valence-corrected chi connectivity index (χ3v) is 4.71. The van der Waals surface area contributed by atoms with Gasteiger partial charge in [0.05, 0.1) is 7.11 Å². The van der Waals surface area contributed by atoms with Gasteiger partial charge in [-0.3, -0.25) is 4.99 Å². The van der Waals surface area contributed by atoms with Crippen LogP contribution in [-0.2, 0) is 6.54 Å². The smallest absolute Gasteiger partial charge is 0.218 e. The Kier molecular flexibility index (Phi) is 5.33. The van der Waals surface area contributed by atoms with Gasteiger partial charge in [-0.25, -0.2) is 4.98 Å². The summed E-state index contributed by atoms with van der Waals surface area (Å²) in [6, 6.07) is 3.94. The highest BCUT2D eigenvalue weighted by Gasteiger charge is 2.28. The third-order valence-electron chi connectivity index (χ3n) is 3.42. The maximum Gasteiger partial charge on any atom is 0.218 e. The van der Waals surface area contributed by atoms with Gasteiger partial charge >= 0.3 is 0 Å². The zero-order valence-corrected chi connectivity index (χ0v) is 14.0. The lowest BCUT2D eigenvalue weighted by Crippen LogP contribution is -2.50. The fourth-order valence-electron chi connectivity index (χ4n) is 2.45. The van der Waals surface area contributed by atoms with E-state index < -0.39 is 0 Å². The molecule has 2 heterocycles. The number of nitrogens with zero attached hydrogens (tertiary/aromatic N) is 3. The lowest BCUT2D eigenvalue weighted by atomic mass is 10.2. The summed E-state index contributed by atoms with van der Waals surface area (Å²) < 4.78 is 5.55. The van der Waals surface area contributed by atoms with Crippen LogP contribution in [0.25, 0.3) is 0 Å². The van der Waals surface area contributed by atoms with E-state index in [9.17, 15) is 0 Å². The monoisotopic (exact) mass is 308 g/mol. The van der Waals surface area contributed by atoms with Gasteiger partial charge in [0.15, 0.2) is 5.96 Å². The molecular weight excluding hydrogens is 284 g/mol. The van der Waals surface area contributed by atoms with Crippen LogP contribution in [0, 0.1) is 0 Å². The Bertz CT molecular complexity index is 504. The number of aromatic nitrogens is 1. The summed E-state index contributed by atoms with van der Waals surface area (Å²) in [7, 11) is 3.47. The molecular formula is C15H24N4OS. The van der Waals surface area contributed by atoms with Crippen LogP contribution in [0.3, 0.4) is 0 Å². The molecule has 116 valence electrons. The first-order valence-electron chi connectivity index (χ1n) is 7.13. The number of hydrogen-bond acceptors (Lipinski definition) is 4. The molecule has 5 nitrogen and oxygen atoms in total. The number of pyridine rings is 1. The Morgan fingerprint density at radius 3 is 3.05 bits per heavy atom. The second-order valence-electron chi connectivity index (χ2n) is 5.60. The summed E-state index contributed by atoms with van der Waals surface area (Å²) in [6.07, 6.45) is 1.74. The summed E-state index contributed by atoms with van der Waals surface area (Å²) in [4.78, 5) is 10.9. The minimum atomic E-state index is 0.266. The normalized spacial score (nSPS) is 18.5. The molecule has 1 fully saturated rings. The summed E-state index contributed by atoms with van der Waals surface area (Å²) >= 11 is 2.02. The number of rotatable bonds is 3. The molecule has 21 heavy (non-hydrogen) atoms. The van der Waals surface area contributed by atoms with Crippen LogP contribution >= 0.6 is 11.8 Å². The van der Waals surface area contributed by atoms with Crippen LogP contribution in [0.4, 0.5) is 0 Å². The maximum atomic E-state index is 5.28. The van der Waals surface area contributed by atoms with Crippen molar-refractivity contribution in [1.82, 2.24) is 15.2 Å². The van der Waals surface area contributed by atoms with Crippen LogP contribution in [0.1, 0.15) is 19.4 Å². The molecule has 0 radical (unpaired) electrons. The summed E-state index contributed by atoms with van der Waals surface area (Å²) in [5.41, 5.74) is 1.03. The second kappa shape index (κ2) is 7.02. The van der Waals surface area contributed by atoms with Gasteiger partial charge < -0.3 is 15.0 Å². The summed E-state index contributed by atoms with van der Waals surface area (Å²) in [6.45, 7) is 7.25. The van der Waals surface area contributed by atoms with Crippen LogP contribution in [-0.4, -0.2) is 53.6 Å². The minimum Gasteiger partial charge on any atom is -0.481 e. The van der Waals surface area contributed by atoms with Gasteiger partial charge in [0.25, 0.3) is 0 Å². The molecule has 1 aliphatic heterocycles. The third kappa shape index (κ3) is 4.27. The van der Waals surface area contributed by atoms with Gasteiger partial charge in [-0.2, -0.15) is 11.8 Å². The maximum absolute atomic E-state index is 5.28. The number of methoxy groups -OCH3 is 1. The molecule has 1 aromatic heterocycles. The first kappa shape index (κ1) is 15.9. The zero-order chi connectivity index (χ0) is 15.3. The topological polar surface area (TPSA) is 49.8 Å². The Labute approximate surface area is 131 Å². The van der Waals surface area contributed by atoms with Gasteiger partial charge in [-0.05, 0) is 19.9 Å². The van der Waals surface area contributed by atoms with Crippen molar-refractivity contribution in [2.45, 2.75) is 25.1 Å². The highest BCUT2D eigenvalue weighted by molar-refractivity contribution is 8.00. The predicted octanol–water partition coefficient (Wildman–Crippen LogP) is 1.99. The van der Waals surface area contributed by atoms with E-state index in [2.05, 4.69) is 34.0 Å². The highest BCUT2D eigenvalue weighted by atomic mass is 32.2. The molecule has 0 aromatic carbocycles. The van der Waals surface area contributed by atoms with E-state index in [1.807, 2.05) is 30.9 Å². The molecule has 0 aliphatic carbocycles. The van der Waals surface area contributed by atoms with Gasteiger partial charge in [0, 0.05) is 48.9 Å². The lowest BCUT2D eigenvalue weighted by molar-refractivity contribution is 0.373. The quantitative estimate of drug-likeness (QED) is 0.683. The van der Waals surface area contributed by atoms with Crippen LogP contribution < -0.4 is 10.1 Å². The van der Waals surface area contributed by atoms with E-state index in [0.29, 0.717) is 12.4 Å². The second-order valence-corrected chi connectivity index (χ2v) is 7.40. The van der Waals surface area contributed by atoms with Crippen LogP contribution in [0.5, 0.6) is 5.88 Å². The molecule has 1 aliphatic rings. The van der Waals surface area contributed by atoms with E-state index in [1.54, 1.807) is 13.3 Å². The van der Waals surface area contributed by atoms with Crippen molar-refractivity contribution in [1.29, 1.82) is 0 Å². The minimum absolute atomic E-state index is 0.266. The van der Waals surface area contributed by atoms with E-state index in [1.165, 1.54) is 0 Å². The molecule has 1 saturated heterocycles. The molecule has 0 unspecified atom stereocenters. The van der Waals surface area contributed by atoms with Gasteiger partial charge in [0.2, 0.25) is 5.88 Å². The number of hydrogen-bond donors (Lipinski definition) is 1. The number of thioether (sulfide) groups is 1.